The van der Waals surface area contributed by atoms with Gasteiger partial charge in [-0.3, -0.25) is 38.5 Å². The van der Waals surface area contributed by atoms with Gasteiger partial charge in [0.05, 0.1) is 43.2 Å². The van der Waals surface area contributed by atoms with Gasteiger partial charge in [-0.25, -0.2) is 0 Å². The summed E-state index contributed by atoms with van der Waals surface area (Å²) in [4.78, 5) is 90.7. The van der Waals surface area contributed by atoms with E-state index in [1.54, 1.807) is 23.8 Å². The Hall–Kier alpha value is -3.50. The number of methoxy groups -OCH3 is 2. The molecule has 288 valence electrons. The van der Waals surface area contributed by atoms with Gasteiger partial charge in [0.25, 0.3) is 11.8 Å². The lowest BCUT2D eigenvalue weighted by molar-refractivity contribution is -0.145. The number of carbonyl (C=O) groups excluding carboxylic acids is 7. The van der Waals surface area contributed by atoms with Crippen LogP contribution in [0.25, 0.3) is 0 Å². The van der Waals surface area contributed by atoms with Gasteiger partial charge < -0.3 is 34.6 Å². The highest BCUT2D eigenvalue weighted by atomic mass is 32.2. The van der Waals surface area contributed by atoms with Crippen molar-refractivity contribution in [2.45, 2.75) is 109 Å². The number of hydrogen-bond donors (Lipinski definition) is 3. The molecule has 2 aliphatic heterocycles. The van der Waals surface area contributed by atoms with E-state index in [1.807, 2.05) is 20.8 Å². The number of amides is 7. The second-order valence-electron chi connectivity index (χ2n) is 13.4. The van der Waals surface area contributed by atoms with Gasteiger partial charge in [0.15, 0.2) is 0 Å². The van der Waals surface area contributed by atoms with Crippen LogP contribution in [0.5, 0.6) is 0 Å². The molecular weight excluding hydrogens is 680 g/mol. The molecule has 1 fully saturated rings. The Kier molecular flexibility index (Phi) is 19.2. The molecule has 2 aliphatic rings. The quantitative estimate of drug-likeness (QED) is 0.0567. The fourth-order valence-electron chi connectivity index (χ4n) is 6.68. The summed E-state index contributed by atoms with van der Waals surface area (Å²) < 4.78 is 14.5. The Morgan fingerprint density at radius 2 is 1.75 bits per heavy atom. The zero-order valence-electron chi connectivity index (χ0n) is 31.2. The Morgan fingerprint density at radius 3 is 2.35 bits per heavy atom. The van der Waals surface area contributed by atoms with Gasteiger partial charge in [0.1, 0.15) is 0 Å². The van der Waals surface area contributed by atoms with Crippen molar-refractivity contribution in [1.29, 1.82) is 0 Å². The number of unbranched alkanes of at least 4 members (excludes halogenated alkanes) is 2. The number of nitrogens with one attached hydrogen (secondary N) is 3. The van der Waals surface area contributed by atoms with Crippen LogP contribution >= 0.6 is 11.9 Å². The fraction of sp³-hybridized carbons (Fsp3) is 0.743. The molecular formula is C35H58N6O9S. The molecule has 7 amide bonds. The van der Waals surface area contributed by atoms with Crippen molar-refractivity contribution in [3.63, 3.8) is 0 Å². The van der Waals surface area contributed by atoms with Crippen molar-refractivity contribution >= 4 is 53.8 Å². The Morgan fingerprint density at radius 1 is 1.06 bits per heavy atom. The summed E-state index contributed by atoms with van der Waals surface area (Å²) in [6, 6.07) is -0.979. The summed E-state index contributed by atoms with van der Waals surface area (Å²) in [5.41, 5.74) is 0. The van der Waals surface area contributed by atoms with Crippen LogP contribution in [0.4, 0.5) is 0 Å². The summed E-state index contributed by atoms with van der Waals surface area (Å²) in [5, 5.41) is 5.40. The summed E-state index contributed by atoms with van der Waals surface area (Å²) in [6.07, 6.45) is 6.34. The van der Waals surface area contributed by atoms with E-state index in [-0.39, 0.29) is 66.4 Å². The third kappa shape index (κ3) is 13.2. The molecule has 0 saturated carbocycles. The lowest BCUT2D eigenvalue weighted by atomic mass is 9.90. The summed E-state index contributed by atoms with van der Waals surface area (Å²) in [6.45, 7) is 8.34. The van der Waals surface area contributed by atoms with E-state index in [1.165, 1.54) is 43.2 Å². The highest BCUT2D eigenvalue weighted by Crippen LogP contribution is 2.29. The van der Waals surface area contributed by atoms with Gasteiger partial charge in [-0.15, -0.1) is 0 Å². The maximum absolute atomic E-state index is 13.8. The normalized spacial score (nSPS) is 19.2. The second-order valence-corrected chi connectivity index (χ2v) is 14.2. The van der Waals surface area contributed by atoms with Gasteiger partial charge in [0, 0.05) is 64.7 Å². The van der Waals surface area contributed by atoms with Gasteiger partial charge in [-0.2, -0.15) is 0 Å². The van der Waals surface area contributed by atoms with Crippen molar-refractivity contribution in [3.05, 3.63) is 12.2 Å². The zero-order chi connectivity index (χ0) is 38.1. The smallest absolute Gasteiger partial charge is 0.253 e. The average molecular weight is 739 g/mol. The predicted molar refractivity (Wildman–Crippen MR) is 193 cm³/mol. The van der Waals surface area contributed by atoms with Gasteiger partial charge >= 0.3 is 0 Å². The molecule has 1 saturated heterocycles. The highest BCUT2D eigenvalue weighted by molar-refractivity contribution is 7.97. The van der Waals surface area contributed by atoms with Crippen molar-refractivity contribution in [3.8, 4) is 0 Å². The number of rotatable bonds is 24. The van der Waals surface area contributed by atoms with E-state index in [4.69, 9.17) is 9.47 Å². The van der Waals surface area contributed by atoms with Gasteiger partial charge in [-0.05, 0) is 50.5 Å². The third-order valence-electron chi connectivity index (χ3n) is 9.74. The number of nitrogens with zero attached hydrogens (tertiary/aromatic N) is 3. The molecule has 2 heterocycles. The number of likely N-dealkylation sites (N-methyl/N-ethyl adjacent to an activating group) is 1. The average Bonchev–Trinajstić information content (AvgIpc) is 3.72. The molecule has 0 radical (unpaired) electrons. The molecule has 0 spiro atoms. The van der Waals surface area contributed by atoms with E-state index >= 15 is 0 Å². The van der Waals surface area contributed by atoms with E-state index < -0.39 is 24.2 Å². The first-order valence-corrected chi connectivity index (χ1v) is 18.8. The number of carbonyl (C=O) groups is 7. The first-order valence-electron chi connectivity index (χ1n) is 17.8. The van der Waals surface area contributed by atoms with Crippen molar-refractivity contribution < 1.29 is 43.0 Å². The first-order chi connectivity index (χ1) is 24.3. The highest BCUT2D eigenvalue weighted by Gasteiger charge is 2.42. The Bertz CT molecular complexity index is 1220. The number of ether oxygens (including phenoxy) is 2. The van der Waals surface area contributed by atoms with Crippen molar-refractivity contribution in [2.24, 2.45) is 11.8 Å². The summed E-state index contributed by atoms with van der Waals surface area (Å²) in [7, 11) is 4.72. The summed E-state index contributed by atoms with van der Waals surface area (Å²) in [5.74, 6) is -1.50. The largest absolute Gasteiger partial charge is 0.379 e. The molecule has 0 aromatic heterocycles. The maximum atomic E-state index is 13.8. The molecule has 0 aliphatic carbocycles. The van der Waals surface area contributed by atoms with Crippen LogP contribution in [0.15, 0.2) is 12.2 Å². The zero-order valence-corrected chi connectivity index (χ0v) is 32.0. The molecule has 3 N–H and O–H groups in total. The van der Waals surface area contributed by atoms with E-state index in [0.717, 1.165) is 12.8 Å². The van der Waals surface area contributed by atoms with E-state index in [2.05, 4.69) is 15.4 Å². The van der Waals surface area contributed by atoms with E-state index in [0.29, 0.717) is 57.4 Å². The Labute approximate surface area is 306 Å². The molecule has 0 aromatic rings. The predicted octanol–water partition coefficient (Wildman–Crippen LogP) is 1.41. The van der Waals surface area contributed by atoms with Crippen LogP contribution in [0, 0.1) is 11.8 Å². The third-order valence-corrected chi connectivity index (χ3v) is 10.8. The summed E-state index contributed by atoms with van der Waals surface area (Å²) >= 11 is 1.21. The number of hydrogen-bond acceptors (Lipinski definition) is 10. The van der Waals surface area contributed by atoms with Gasteiger partial charge in [-0.1, -0.05) is 33.6 Å². The van der Waals surface area contributed by atoms with Crippen molar-refractivity contribution in [2.75, 3.05) is 46.7 Å². The lowest BCUT2D eigenvalue weighted by Crippen LogP contribution is -2.54. The minimum Gasteiger partial charge on any atom is -0.379 e. The molecule has 15 nitrogen and oxygen atoms in total. The number of likely N-dealkylation sites (tertiary alicyclic amines) is 1. The van der Waals surface area contributed by atoms with Crippen LogP contribution in [0.2, 0.25) is 0 Å². The van der Waals surface area contributed by atoms with Crippen molar-refractivity contribution in [1.82, 2.24) is 30.1 Å². The molecule has 16 heteroatoms. The lowest BCUT2D eigenvalue weighted by Gasteiger charge is -2.39. The van der Waals surface area contributed by atoms with Gasteiger partial charge in [0.2, 0.25) is 30.0 Å². The minimum absolute atomic E-state index is 0.0157. The maximum Gasteiger partial charge on any atom is 0.253 e. The van der Waals surface area contributed by atoms with Crippen LogP contribution in [-0.4, -0.2) is 134 Å². The molecule has 0 bridgehead atoms. The molecule has 51 heavy (non-hydrogen) atoms. The minimum atomic E-state index is -0.587. The van der Waals surface area contributed by atoms with Crippen LogP contribution in [0.1, 0.15) is 79.1 Å². The SMILES string of the molecule is CCC(C)C(C(CC(=O)N1CCCC1C(OC)C(C)C(=O)N[C@@H](C)CSNC(=O)CCCCCN1C(=O)C=CC1=O)OC)N(C)C(=O)CNC=O. The van der Waals surface area contributed by atoms with Crippen LogP contribution in [0.3, 0.4) is 0 Å². The van der Waals surface area contributed by atoms with Crippen LogP contribution < -0.4 is 15.4 Å². The fourth-order valence-corrected chi connectivity index (χ4v) is 7.36. The first kappa shape index (κ1) is 43.7. The topological polar surface area (TPSA) is 184 Å². The van der Waals surface area contributed by atoms with Crippen LogP contribution in [-0.2, 0) is 43.0 Å². The second kappa shape index (κ2) is 22.4. The Balaban J connectivity index is 1.86. The molecule has 7 atom stereocenters. The molecule has 0 aromatic carbocycles. The van der Waals surface area contributed by atoms with E-state index in [9.17, 15) is 33.6 Å². The number of imide groups is 1. The molecule has 6 unspecified atom stereocenters. The standard InChI is InChI=1S/C35H58N6O9S/c1-8-23(2)33(39(5)32(47)20-36-22-42)27(49-6)19-31(46)40-18-12-13-26(40)34(50-7)25(4)35(48)37-24(3)21-51-38-28(43)14-10-9-11-17-41-29(44)15-16-30(41)45/h15-16,22-27,33-34H,8-14,17-21H2,1-7H3,(H,36,42)(H,37,48)(H,38,43)/t23?,24-,25?,26?,27?,33?,34?/m0/s1. The molecule has 2 rings (SSSR count). The monoisotopic (exact) mass is 738 g/mol.